The molecule has 0 saturated heterocycles. The molecular formula is C18H16BrClN4O3S. The highest BCUT2D eigenvalue weighted by Gasteiger charge is 2.10. The molecule has 146 valence electrons. The molecule has 2 aromatic carbocycles. The number of nitrogens with zero attached hydrogens (tertiary/aromatic N) is 3. The zero-order chi connectivity index (χ0) is 19.4. The molecule has 0 fully saturated rings. The van der Waals surface area contributed by atoms with Crippen LogP contribution >= 0.6 is 39.7 Å². The van der Waals surface area contributed by atoms with E-state index in [0.717, 1.165) is 20.7 Å². The number of carbonyl (C=O) groups excluding carboxylic acids is 1. The third kappa shape index (κ3) is 5.51. The number of benzene rings is 2. The summed E-state index contributed by atoms with van der Waals surface area (Å²) in [5.74, 6) is -0.201. The molecular weight excluding hydrogens is 468 g/mol. The van der Waals surface area contributed by atoms with Crippen LogP contribution in [0.25, 0.3) is 0 Å². The average molecular weight is 484 g/mol. The number of carbonyl (C=O) groups is 1. The Morgan fingerprint density at radius 2 is 1.86 bits per heavy atom. The quantitative estimate of drug-likeness (QED) is 0.425. The molecule has 1 heterocycles. The molecule has 0 aliphatic rings. The predicted molar refractivity (Wildman–Crippen MR) is 115 cm³/mol. The molecule has 1 N–H and O–H groups in total. The summed E-state index contributed by atoms with van der Waals surface area (Å²) >= 11 is 4.85. The van der Waals surface area contributed by atoms with Crippen molar-refractivity contribution in [2.45, 2.75) is 6.42 Å². The number of hydrogen-bond acceptors (Lipinski definition) is 5. The van der Waals surface area contributed by atoms with Gasteiger partial charge < -0.3 is 9.88 Å². The van der Waals surface area contributed by atoms with E-state index >= 15 is 0 Å². The van der Waals surface area contributed by atoms with Crippen LogP contribution in [0, 0.1) is 10.1 Å². The van der Waals surface area contributed by atoms with Crippen LogP contribution in [0.15, 0.2) is 63.4 Å². The number of amides is 1. The SMILES string of the molecule is Cl.Cn1c(CC(=O)Nc2ccc([N+](=O)[O-])cc2)csc1=Nc1ccc(Br)cc1. The number of rotatable bonds is 5. The van der Waals surface area contributed by atoms with Crippen LogP contribution in [0.1, 0.15) is 5.69 Å². The zero-order valence-corrected chi connectivity index (χ0v) is 17.9. The van der Waals surface area contributed by atoms with Crippen LogP contribution in [0.5, 0.6) is 0 Å². The van der Waals surface area contributed by atoms with Crippen molar-refractivity contribution in [1.29, 1.82) is 0 Å². The fourth-order valence-electron chi connectivity index (χ4n) is 2.33. The fourth-order valence-corrected chi connectivity index (χ4v) is 3.51. The average Bonchev–Trinajstić information content (AvgIpc) is 2.97. The summed E-state index contributed by atoms with van der Waals surface area (Å²) < 4.78 is 2.86. The van der Waals surface area contributed by atoms with Gasteiger partial charge in [-0.3, -0.25) is 14.9 Å². The lowest BCUT2D eigenvalue weighted by Gasteiger charge is -2.06. The first-order valence-electron chi connectivity index (χ1n) is 7.90. The van der Waals surface area contributed by atoms with E-state index in [-0.39, 0.29) is 30.4 Å². The molecule has 0 saturated carbocycles. The Hall–Kier alpha value is -2.49. The Bertz CT molecular complexity index is 1050. The Kier molecular flexibility index (Phi) is 7.50. The highest BCUT2D eigenvalue weighted by atomic mass is 79.9. The lowest BCUT2D eigenvalue weighted by Crippen LogP contribution is -2.19. The van der Waals surface area contributed by atoms with E-state index in [9.17, 15) is 14.9 Å². The third-order valence-corrected chi connectivity index (χ3v) is 5.27. The minimum absolute atomic E-state index is 0. The molecule has 1 aromatic heterocycles. The monoisotopic (exact) mass is 482 g/mol. The smallest absolute Gasteiger partial charge is 0.269 e. The highest BCUT2D eigenvalue weighted by Crippen LogP contribution is 2.17. The normalized spacial score (nSPS) is 11.0. The highest BCUT2D eigenvalue weighted by molar-refractivity contribution is 9.10. The fraction of sp³-hybridized carbons (Fsp3) is 0.111. The Balaban J connectivity index is 0.00000280. The maximum absolute atomic E-state index is 12.3. The van der Waals surface area contributed by atoms with Gasteiger partial charge in [-0.25, -0.2) is 4.99 Å². The van der Waals surface area contributed by atoms with Gasteiger partial charge in [-0.1, -0.05) is 15.9 Å². The maximum Gasteiger partial charge on any atom is 0.269 e. The van der Waals surface area contributed by atoms with Crippen LogP contribution < -0.4 is 10.1 Å². The molecule has 0 bridgehead atoms. The van der Waals surface area contributed by atoms with E-state index < -0.39 is 4.92 Å². The standard InChI is InChI=1S/C18H15BrN4O3S.ClH/c1-22-16(11-27-18(22)21-14-4-2-12(19)3-5-14)10-17(24)20-13-6-8-15(9-7-13)23(25)26;/h2-9,11H,10H2,1H3,(H,20,24);1H. The van der Waals surface area contributed by atoms with E-state index in [4.69, 9.17) is 0 Å². The molecule has 10 heteroatoms. The van der Waals surface area contributed by atoms with Crippen molar-refractivity contribution in [1.82, 2.24) is 4.57 Å². The molecule has 3 aromatic rings. The summed E-state index contributed by atoms with van der Waals surface area (Å²) in [4.78, 5) is 27.8. The number of hydrogen-bond donors (Lipinski definition) is 1. The molecule has 3 rings (SSSR count). The third-order valence-electron chi connectivity index (χ3n) is 3.77. The van der Waals surface area contributed by atoms with Gasteiger partial charge in [0.05, 0.1) is 17.0 Å². The van der Waals surface area contributed by atoms with E-state index in [1.54, 1.807) is 0 Å². The molecule has 0 radical (unpaired) electrons. The number of nitro benzene ring substituents is 1. The van der Waals surface area contributed by atoms with Gasteiger partial charge >= 0.3 is 0 Å². The predicted octanol–water partition coefficient (Wildman–Crippen LogP) is 4.59. The van der Waals surface area contributed by atoms with Gasteiger partial charge in [-0.2, -0.15) is 0 Å². The van der Waals surface area contributed by atoms with Gasteiger partial charge in [-0.05, 0) is 36.4 Å². The summed E-state index contributed by atoms with van der Waals surface area (Å²) in [6, 6.07) is 13.4. The van der Waals surface area contributed by atoms with Gasteiger partial charge in [0.2, 0.25) is 5.91 Å². The van der Waals surface area contributed by atoms with Crippen LogP contribution in [0.2, 0.25) is 0 Å². The van der Waals surface area contributed by atoms with Gasteiger partial charge in [0, 0.05) is 40.4 Å². The number of nitro groups is 1. The largest absolute Gasteiger partial charge is 0.326 e. The van der Waals surface area contributed by atoms with Gasteiger partial charge in [0.1, 0.15) is 0 Å². The summed E-state index contributed by atoms with van der Waals surface area (Å²) in [7, 11) is 1.86. The van der Waals surface area contributed by atoms with E-state index in [0.29, 0.717) is 5.69 Å². The second-order valence-corrected chi connectivity index (χ2v) is 7.44. The lowest BCUT2D eigenvalue weighted by molar-refractivity contribution is -0.384. The van der Waals surface area contributed by atoms with Crippen molar-refractivity contribution in [2.24, 2.45) is 12.0 Å². The molecule has 7 nitrogen and oxygen atoms in total. The summed E-state index contributed by atoms with van der Waals surface area (Å²) in [6.45, 7) is 0. The summed E-state index contributed by atoms with van der Waals surface area (Å²) in [5.41, 5.74) is 2.16. The topological polar surface area (TPSA) is 89.5 Å². The van der Waals surface area contributed by atoms with Gasteiger partial charge in [-0.15, -0.1) is 23.7 Å². The first-order chi connectivity index (χ1) is 12.9. The minimum atomic E-state index is -0.479. The summed E-state index contributed by atoms with van der Waals surface area (Å²) in [6.07, 6.45) is 0.180. The molecule has 0 atom stereocenters. The first-order valence-corrected chi connectivity index (χ1v) is 9.57. The van der Waals surface area contributed by atoms with Crippen LogP contribution in [-0.2, 0) is 18.3 Å². The van der Waals surface area contributed by atoms with E-state index in [2.05, 4.69) is 26.2 Å². The van der Waals surface area contributed by atoms with Crippen molar-refractivity contribution in [3.05, 3.63) is 79.0 Å². The number of non-ortho nitro benzene ring substituents is 1. The zero-order valence-electron chi connectivity index (χ0n) is 14.7. The number of anilines is 1. The number of aromatic nitrogens is 1. The Labute approximate surface area is 179 Å². The van der Waals surface area contributed by atoms with Crippen LogP contribution in [0.3, 0.4) is 0 Å². The van der Waals surface area contributed by atoms with Crippen molar-refractivity contribution in [3.63, 3.8) is 0 Å². The molecule has 1 amide bonds. The molecule has 0 aliphatic carbocycles. The second kappa shape index (κ2) is 9.63. The van der Waals surface area contributed by atoms with Crippen molar-refractivity contribution >= 4 is 62.6 Å². The van der Waals surface area contributed by atoms with Crippen molar-refractivity contribution < 1.29 is 9.72 Å². The molecule has 0 aliphatic heterocycles. The number of thiazole rings is 1. The minimum Gasteiger partial charge on any atom is -0.326 e. The van der Waals surface area contributed by atoms with E-state index in [1.165, 1.54) is 35.6 Å². The Morgan fingerprint density at radius 3 is 2.46 bits per heavy atom. The second-order valence-electron chi connectivity index (χ2n) is 5.69. The van der Waals surface area contributed by atoms with Gasteiger partial charge in [0.25, 0.3) is 5.69 Å². The van der Waals surface area contributed by atoms with Crippen LogP contribution in [-0.4, -0.2) is 15.4 Å². The molecule has 28 heavy (non-hydrogen) atoms. The maximum atomic E-state index is 12.3. The van der Waals surface area contributed by atoms with Crippen molar-refractivity contribution in [3.8, 4) is 0 Å². The first kappa shape index (κ1) is 21.8. The molecule has 0 spiro atoms. The summed E-state index contributed by atoms with van der Waals surface area (Å²) in [5, 5.41) is 15.3. The van der Waals surface area contributed by atoms with E-state index in [1.807, 2.05) is 41.3 Å². The van der Waals surface area contributed by atoms with Crippen LogP contribution in [0.4, 0.5) is 17.1 Å². The van der Waals surface area contributed by atoms with Gasteiger partial charge in [0.15, 0.2) is 4.80 Å². The molecule has 0 unspecified atom stereocenters. The Morgan fingerprint density at radius 1 is 1.21 bits per heavy atom. The number of halogens is 2. The number of nitrogens with one attached hydrogen (secondary N) is 1. The van der Waals surface area contributed by atoms with Crippen molar-refractivity contribution in [2.75, 3.05) is 5.32 Å². The lowest BCUT2D eigenvalue weighted by atomic mass is 10.2.